The number of nitrogens with zero attached hydrogens (tertiary/aromatic N) is 2. The second-order valence-corrected chi connectivity index (χ2v) is 3.20. The minimum Gasteiger partial charge on any atom is -0.376 e. The smallest absolute Gasteiger partial charge is 0.197 e. The van der Waals surface area contributed by atoms with E-state index in [-0.39, 0.29) is 5.78 Å². The van der Waals surface area contributed by atoms with Crippen LogP contribution in [0, 0.1) is 0 Å². The van der Waals surface area contributed by atoms with Crippen molar-refractivity contribution in [2.24, 2.45) is 7.05 Å². The topological polar surface area (TPSA) is 53.4 Å². The van der Waals surface area contributed by atoms with Crippen LogP contribution in [0.4, 0.5) is 0 Å². The van der Waals surface area contributed by atoms with Crippen molar-refractivity contribution < 1.29 is 14.3 Å². The van der Waals surface area contributed by atoms with Gasteiger partial charge >= 0.3 is 0 Å². The summed E-state index contributed by atoms with van der Waals surface area (Å²) in [6.07, 6.45) is 2.76. The third-order valence-corrected chi connectivity index (χ3v) is 2.10. The van der Waals surface area contributed by atoms with Gasteiger partial charge in [-0.2, -0.15) is 5.10 Å². The Morgan fingerprint density at radius 1 is 1.64 bits per heavy atom. The first-order chi connectivity index (χ1) is 6.77. The Kier molecular flexibility index (Phi) is 2.60. The molecule has 5 heteroatoms. The van der Waals surface area contributed by atoms with Gasteiger partial charge < -0.3 is 9.47 Å². The number of ether oxygens (including phenoxy) is 2. The number of aryl methyl sites for hydroxylation is 1. The third kappa shape index (κ3) is 1.83. The molecule has 1 saturated heterocycles. The molecule has 0 aromatic carbocycles. The fourth-order valence-electron chi connectivity index (χ4n) is 1.37. The first-order valence-corrected chi connectivity index (χ1v) is 4.49. The van der Waals surface area contributed by atoms with Crippen molar-refractivity contribution in [1.82, 2.24) is 9.78 Å². The Hall–Kier alpha value is -1.20. The summed E-state index contributed by atoms with van der Waals surface area (Å²) in [5, 5.41) is 3.93. The zero-order valence-corrected chi connectivity index (χ0v) is 7.97. The lowest BCUT2D eigenvalue weighted by atomic mass is 10.1. The first-order valence-electron chi connectivity index (χ1n) is 4.49. The van der Waals surface area contributed by atoms with Gasteiger partial charge in [-0.05, 0) is 0 Å². The number of hydrogen-bond donors (Lipinski definition) is 0. The molecule has 1 atom stereocenters. The lowest BCUT2D eigenvalue weighted by molar-refractivity contribution is -0.0719. The monoisotopic (exact) mass is 196 g/mol. The molecule has 1 aromatic rings. The van der Waals surface area contributed by atoms with E-state index in [1.165, 1.54) is 0 Å². The van der Waals surface area contributed by atoms with Crippen LogP contribution < -0.4 is 0 Å². The summed E-state index contributed by atoms with van der Waals surface area (Å²) in [6, 6.07) is 0. The molecule has 0 aliphatic carbocycles. The van der Waals surface area contributed by atoms with E-state index < -0.39 is 6.10 Å². The van der Waals surface area contributed by atoms with Crippen LogP contribution in [0.1, 0.15) is 10.4 Å². The summed E-state index contributed by atoms with van der Waals surface area (Å²) in [5.41, 5.74) is 0.572. The zero-order valence-electron chi connectivity index (χ0n) is 7.97. The van der Waals surface area contributed by atoms with Crippen molar-refractivity contribution in [1.29, 1.82) is 0 Å². The van der Waals surface area contributed by atoms with Gasteiger partial charge in [0.1, 0.15) is 6.10 Å². The summed E-state index contributed by atoms with van der Waals surface area (Å²) in [5.74, 6) is -0.0576. The quantitative estimate of drug-likeness (QED) is 0.626. The van der Waals surface area contributed by atoms with Crippen LogP contribution in [-0.2, 0) is 16.5 Å². The Morgan fingerprint density at radius 3 is 3.07 bits per heavy atom. The maximum atomic E-state index is 11.8. The Bertz CT molecular complexity index is 329. The molecule has 0 bridgehead atoms. The number of carbonyl (C=O) groups is 1. The average Bonchev–Trinajstić information content (AvgIpc) is 2.65. The van der Waals surface area contributed by atoms with Crippen LogP contribution >= 0.6 is 0 Å². The van der Waals surface area contributed by atoms with Crippen LogP contribution in [0.15, 0.2) is 12.4 Å². The van der Waals surface area contributed by atoms with Gasteiger partial charge in [0.2, 0.25) is 0 Å². The number of aromatic nitrogens is 2. The number of Topliss-reactive ketones (excluding diaryl/α,β-unsaturated/α-hetero) is 1. The third-order valence-electron chi connectivity index (χ3n) is 2.10. The SMILES string of the molecule is Cn1cc(C(=O)C2COCCO2)cn1. The van der Waals surface area contributed by atoms with Gasteiger partial charge in [-0.1, -0.05) is 0 Å². The van der Waals surface area contributed by atoms with Crippen molar-refractivity contribution in [3.8, 4) is 0 Å². The zero-order chi connectivity index (χ0) is 9.97. The van der Waals surface area contributed by atoms with E-state index in [0.29, 0.717) is 25.4 Å². The molecule has 0 N–H and O–H groups in total. The number of carbonyl (C=O) groups excluding carboxylic acids is 1. The molecule has 1 aliphatic rings. The van der Waals surface area contributed by atoms with Crippen LogP contribution in [0.3, 0.4) is 0 Å². The van der Waals surface area contributed by atoms with E-state index in [9.17, 15) is 4.79 Å². The first kappa shape index (κ1) is 9.36. The molecule has 5 nitrogen and oxygen atoms in total. The maximum absolute atomic E-state index is 11.8. The largest absolute Gasteiger partial charge is 0.376 e. The fourth-order valence-corrected chi connectivity index (χ4v) is 1.37. The van der Waals surface area contributed by atoms with Crippen LogP contribution in [0.25, 0.3) is 0 Å². The lowest BCUT2D eigenvalue weighted by Gasteiger charge is -2.20. The average molecular weight is 196 g/mol. The molecule has 0 radical (unpaired) electrons. The van der Waals surface area contributed by atoms with Crippen molar-refractivity contribution >= 4 is 5.78 Å². The molecule has 0 saturated carbocycles. The Balaban J connectivity index is 2.07. The molecule has 2 rings (SSSR count). The van der Waals surface area contributed by atoms with Gasteiger partial charge in [0, 0.05) is 13.2 Å². The van der Waals surface area contributed by atoms with Crippen LogP contribution in [0.2, 0.25) is 0 Å². The van der Waals surface area contributed by atoms with Gasteiger partial charge in [0.15, 0.2) is 5.78 Å². The number of rotatable bonds is 2. The molecule has 1 fully saturated rings. The normalized spacial score (nSPS) is 22.2. The predicted octanol–water partition coefficient (Wildman–Crippen LogP) is 0.0182. The van der Waals surface area contributed by atoms with Crippen molar-refractivity contribution in [3.05, 3.63) is 18.0 Å². The minimum absolute atomic E-state index is 0.0576. The van der Waals surface area contributed by atoms with Gasteiger partial charge in [0.25, 0.3) is 0 Å². The number of ketones is 1. The van der Waals surface area contributed by atoms with E-state index in [0.717, 1.165) is 0 Å². The highest BCUT2D eigenvalue weighted by molar-refractivity contribution is 5.99. The van der Waals surface area contributed by atoms with E-state index in [2.05, 4.69) is 5.10 Å². The molecule has 14 heavy (non-hydrogen) atoms. The summed E-state index contributed by atoms with van der Waals surface area (Å²) in [7, 11) is 1.77. The molecule has 0 amide bonds. The van der Waals surface area contributed by atoms with Crippen molar-refractivity contribution in [2.75, 3.05) is 19.8 Å². The highest BCUT2D eigenvalue weighted by atomic mass is 16.6. The van der Waals surface area contributed by atoms with Crippen LogP contribution in [0.5, 0.6) is 0 Å². The number of hydrogen-bond acceptors (Lipinski definition) is 4. The second kappa shape index (κ2) is 3.89. The van der Waals surface area contributed by atoms with Crippen molar-refractivity contribution in [3.63, 3.8) is 0 Å². The molecule has 76 valence electrons. The summed E-state index contributed by atoms with van der Waals surface area (Å²) in [6.45, 7) is 1.39. The standard InChI is InChI=1S/C9H12N2O3/c1-11-5-7(4-10-11)9(12)8-6-13-2-3-14-8/h4-5,8H,2-3,6H2,1H3. The van der Waals surface area contributed by atoms with E-state index in [1.807, 2.05) is 0 Å². The molecular formula is C9H12N2O3. The Labute approximate surface area is 81.6 Å². The van der Waals surface area contributed by atoms with Crippen LogP contribution in [-0.4, -0.2) is 41.5 Å². The molecule has 1 aliphatic heterocycles. The van der Waals surface area contributed by atoms with E-state index >= 15 is 0 Å². The lowest BCUT2D eigenvalue weighted by Crippen LogP contribution is -2.35. The Morgan fingerprint density at radius 2 is 2.50 bits per heavy atom. The van der Waals surface area contributed by atoms with Gasteiger partial charge in [0.05, 0.1) is 31.6 Å². The predicted molar refractivity (Wildman–Crippen MR) is 48.1 cm³/mol. The molecule has 0 spiro atoms. The van der Waals surface area contributed by atoms with Gasteiger partial charge in [-0.15, -0.1) is 0 Å². The highest BCUT2D eigenvalue weighted by Gasteiger charge is 2.24. The summed E-state index contributed by atoms with van der Waals surface area (Å²) >= 11 is 0. The molecule has 1 aromatic heterocycles. The molecular weight excluding hydrogens is 184 g/mol. The fraction of sp³-hybridized carbons (Fsp3) is 0.556. The van der Waals surface area contributed by atoms with Gasteiger partial charge in [-0.25, -0.2) is 0 Å². The molecule has 1 unspecified atom stereocenters. The van der Waals surface area contributed by atoms with E-state index in [1.54, 1.807) is 24.1 Å². The van der Waals surface area contributed by atoms with E-state index in [4.69, 9.17) is 9.47 Å². The second-order valence-electron chi connectivity index (χ2n) is 3.20. The molecule has 2 heterocycles. The highest BCUT2D eigenvalue weighted by Crippen LogP contribution is 2.08. The summed E-state index contributed by atoms with van der Waals surface area (Å²) in [4.78, 5) is 11.8. The van der Waals surface area contributed by atoms with Gasteiger partial charge in [-0.3, -0.25) is 9.48 Å². The van der Waals surface area contributed by atoms with Crippen molar-refractivity contribution in [2.45, 2.75) is 6.10 Å². The maximum Gasteiger partial charge on any atom is 0.197 e. The minimum atomic E-state index is -0.465. The summed E-state index contributed by atoms with van der Waals surface area (Å²) < 4.78 is 12.0.